The number of benzene rings is 2. The lowest BCUT2D eigenvalue weighted by molar-refractivity contribution is -0.317. The molecule has 21 heteroatoms. The van der Waals surface area contributed by atoms with Gasteiger partial charge in [-0.2, -0.15) is 0 Å². The summed E-state index contributed by atoms with van der Waals surface area (Å²) >= 11 is 0. The Labute approximate surface area is 467 Å². The van der Waals surface area contributed by atoms with Crippen molar-refractivity contribution < 1.29 is 67.6 Å². The van der Waals surface area contributed by atoms with Crippen LogP contribution in [0.3, 0.4) is 0 Å². The van der Waals surface area contributed by atoms with Gasteiger partial charge in [0.15, 0.2) is 24.8 Å². The molecule has 3 aliphatic heterocycles. The lowest BCUT2D eigenvalue weighted by Gasteiger charge is -2.49. The Bertz CT molecular complexity index is 2430. The number of carbonyl (C=O) groups excluding carboxylic acids is 3. The number of aliphatic hydroxyl groups excluding tert-OH is 1. The number of amides is 2. The fourth-order valence-corrected chi connectivity index (χ4v) is 11.9. The van der Waals surface area contributed by atoms with Gasteiger partial charge in [-0.1, -0.05) is 86.1 Å². The molecule has 2 aromatic carbocycles. The van der Waals surface area contributed by atoms with E-state index in [9.17, 15) is 29.7 Å². The highest BCUT2D eigenvalue weighted by Crippen LogP contribution is 2.41. The van der Waals surface area contributed by atoms with Gasteiger partial charge in [-0.15, -0.1) is 5.10 Å². The van der Waals surface area contributed by atoms with Crippen LogP contribution < -0.4 is 10.6 Å². The fraction of sp³-hybridized carbons (Fsp3) is 0.707. The largest absolute Gasteiger partial charge is 0.459 e. The van der Waals surface area contributed by atoms with E-state index in [1.54, 1.807) is 52.4 Å². The van der Waals surface area contributed by atoms with E-state index in [1.165, 1.54) is 14.0 Å². The molecule has 0 bridgehead atoms. The number of hydrogen-bond acceptors (Lipinski definition) is 18. The van der Waals surface area contributed by atoms with Crippen LogP contribution in [-0.2, 0) is 62.3 Å². The van der Waals surface area contributed by atoms with Gasteiger partial charge >= 0.3 is 18.2 Å². The van der Waals surface area contributed by atoms with Gasteiger partial charge in [-0.25, -0.2) is 14.3 Å². The summed E-state index contributed by atoms with van der Waals surface area (Å²) in [6.45, 7) is 20.7. The first-order valence-corrected chi connectivity index (χ1v) is 27.9. The molecule has 3 aromatic rings. The molecule has 0 unspecified atom stereocenters. The van der Waals surface area contributed by atoms with Crippen molar-refractivity contribution in [1.82, 2.24) is 35.4 Å². The molecule has 6 rings (SSSR count). The second kappa shape index (κ2) is 27.3. The number of aromatic nitrogens is 3. The highest BCUT2D eigenvalue weighted by molar-refractivity contribution is 5.73. The SMILES string of the molecule is CC[C@@H]1OC(=O)[C@H](C)[C@H](O[C@H]2C[C@@](C)(OC)[C@@H](OC(=O)NCc3cn(Cc4cccc(C)c4)nn3)[C@H](C)O2)[C@H](C)[C@@H](O[C@@H]2O[C@H](C)C[C@H](N(C)C)[C@H]2O)[C@](C)(O)C[C@@H](C)CN(C)[C@@H](C)[C@H](OC(=O)NCc2ccccc2)[C@]1(C)O. The maximum Gasteiger partial charge on any atom is 0.407 e. The molecule has 442 valence electrons. The third-order valence-electron chi connectivity index (χ3n) is 16.3. The molecule has 79 heavy (non-hydrogen) atoms. The highest BCUT2D eigenvalue weighted by atomic mass is 16.7. The maximum absolute atomic E-state index is 15.0. The molecule has 3 aliphatic rings. The molecule has 0 radical (unpaired) electrons. The summed E-state index contributed by atoms with van der Waals surface area (Å²) in [6, 6.07) is 16.4. The molecule has 4 heterocycles. The van der Waals surface area contributed by atoms with E-state index in [4.69, 9.17) is 37.9 Å². The number of nitrogens with zero attached hydrogens (tertiary/aromatic N) is 5. The van der Waals surface area contributed by atoms with Crippen LogP contribution in [0.25, 0.3) is 0 Å². The summed E-state index contributed by atoms with van der Waals surface area (Å²) in [5.41, 5.74) is -1.25. The molecule has 0 spiro atoms. The Kier molecular flexibility index (Phi) is 21.9. The molecule has 21 nitrogen and oxygen atoms in total. The van der Waals surface area contributed by atoms with E-state index >= 15 is 0 Å². The zero-order chi connectivity index (χ0) is 58.1. The minimum Gasteiger partial charge on any atom is -0.459 e. The van der Waals surface area contributed by atoms with Crippen LogP contribution >= 0.6 is 0 Å². The molecule has 3 saturated heterocycles. The van der Waals surface area contributed by atoms with E-state index in [0.29, 0.717) is 25.2 Å². The first-order chi connectivity index (χ1) is 37.2. The number of methoxy groups -OCH3 is 1. The van der Waals surface area contributed by atoms with E-state index in [1.807, 2.05) is 107 Å². The van der Waals surface area contributed by atoms with Crippen molar-refractivity contribution in [1.29, 1.82) is 0 Å². The van der Waals surface area contributed by atoms with E-state index < -0.39 is 108 Å². The number of alkyl carbamates (subject to hydrolysis) is 2. The smallest absolute Gasteiger partial charge is 0.407 e. The van der Waals surface area contributed by atoms with Crippen molar-refractivity contribution in [2.45, 2.75) is 212 Å². The second-order valence-corrected chi connectivity index (χ2v) is 23.5. The lowest BCUT2D eigenvalue weighted by Crippen LogP contribution is -2.61. The summed E-state index contributed by atoms with van der Waals surface area (Å²) in [5, 5.41) is 51.5. The van der Waals surface area contributed by atoms with Crippen LogP contribution in [0, 0.1) is 24.7 Å². The van der Waals surface area contributed by atoms with Gasteiger partial charge in [-0.3, -0.25) is 9.69 Å². The third kappa shape index (κ3) is 16.2. The highest BCUT2D eigenvalue weighted by Gasteiger charge is 2.54. The minimum absolute atomic E-state index is 0.0113. The third-order valence-corrected chi connectivity index (χ3v) is 16.3. The lowest BCUT2D eigenvalue weighted by atomic mass is 9.77. The van der Waals surface area contributed by atoms with Gasteiger partial charge in [0.2, 0.25) is 0 Å². The zero-order valence-electron chi connectivity index (χ0n) is 49.2. The molecule has 5 N–H and O–H groups in total. The van der Waals surface area contributed by atoms with Crippen molar-refractivity contribution in [2.75, 3.05) is 34.8 Å². The topological polar surface area (TPSA) is 247 Å². The van der Waals surface area contributed by atoms with Crippen molar-refractivity contribution in [3.05, 3.63) is 83.2 Å². The van der Waals surface area contributed by atoms with Crippen LogP contribution in [0.15, 0.2) is 60.8 Å². The molecule has 18 atom stereocenters. The number of ether oxygens (including phenoxy) is 8. The first kappa shape index (κ1) is 63.4. The van der Waals surface area contributed by atoms with Gasteiger partial charge in [-0.05, 0) is 113 Å². The predicted molar refractivity (Wildman–Crippen MR) is 293 cm³/mol. The van der Waals surface area contributed by atoms with Crippen molar-refractivity contribution in [2.24, 2.45) is 17.8 Å². The van der Waals surface area contributed by atoms with Crippen LogP contribution in [0.4, 0.5) is 9.59 Å². The number of rotatable bonds is 15. The van der Waals surface area contributed by atoms with Gasteiger partial charge < -0.3 is 68.7 Å². The molecule has 0 aliphatic carbocycles. The van der Waals surface area contributed by atoms with Crippen LogP contribution in [0.2, 0.25) is 0 Å². The monoisotopic (exact) mass is 1110 g/mol. The molecule has 1 aromatic heterocycles. The Morgan fingerprint density at radius 3 is 2.18 bits per heavy atom. The first-order valence-electron chi connectivity index (χ1n) is 27.9. The van der Waals surface area contributed by atoms with Gasteiger partial charge in [0, 0.05) is 44.6 Å². The van der Waals surface area contributed by atoms with Gasteiger partial charge in [0.05, 0.1) is 55.2 Å². The van der Waals surface area contributed by atoms with Crippen molar-refractivity contribution >= 4 is 18.2 Å². The minimum atomic E-state index is -1.94. The van der Waals surface area contributed by atoms with E-state index in [-0.39, 0.29) is 50.4 Å². The predicted octanol–water partition coefficient (Wildman–Crippen LogP) is 5.72. The quantitative estimate of drug-likeness (QED) is 0.0903. The van der Waals surface area contributed by atoms with Crippen LogP contribution in [-0.4, -0.2) is 183 Å². The molecule has 2 amide bonds. The molecule has 0 saturated carbocycles. The van der Waals surface area contributed by atoms with Crippen LogP contribution in [0.1, 0.15) is 117 Å². The number of aliphatic hydroxyl groups is 3. The van der Waals surface area contributed by atoms with Gasteiger partial charge in [0.1, 0.15) is 29.1 Å². The summed E-state index contributed by atoms with van der Waals surface area (Å²) in [4.78, 5) is 46.0. The number of carbonyl (C=O) groups is 3. The standard InChI is InChI=1S/C58H91N7O14/c1-16-45-58(11,71)50(78-54(68)59-29-41-22-18-17-19-23-41)39(7)64(14)31-35(3)27-56(9,70)49(77-53-47(66)44(63(12)13)26-36(4)73-53)37(5)48(38(6)52(67)75-45)76-46-28-57(10,72-15)51(40(8)74-46)79-55(69)60-30-43-33-65(62-61-43)32-42-24-20-21-34(2)25-42/h17-25,33,35-40,44-51,53,66,70-71H,16,26-32H2,1-15H3,(H,59,68)(H,60,69)/t35-,36-,37+,38-,39+,40+,44+,45+,46+,47-,48-,49-,50+,51+,53+,56-,57-,58-/m1/s1. The second-order valence-electron chi connectivity index (χ2n) is 23.5. The Hall–Kier alpha value is -4.81. The molecule has 3 fully saturated rings. The molecular weight excluding hydrogens is 1020 g/mol. The van der Waals surface area contributed by atoms with Crippen molar-refractivity contribution in [3.8, 4) is 0 Å². The van der Waals surface area contributed by atoms with E-state index in [2.05, 4.69) is 27.0 Å². The average molecular weight is 1110 g/mol. The number of aryl methyl sites for hydroxylation is 1. The summed E-state index contributed by atoms with van der Waals surface area (Å²) in [7, 11) is 7.09. The summed E-state index contributed by atoms with van der Waals surface area (Å²) in [5.74, 6) is -3.04. The van der Waals surface area contributed by atoms with Crippen molar-refractivity contribution in [3.63, 3.8) is 0 Å². The van der Waals surface area contributed by atoms with Gasteiger partial charge in [0.25, 0.3) is 0 Å². The number of cyclic esters (lactones) is 1. The maximum atomic E-state index is 15.0. The number of likely N-dealkylation sites (N-methyl/N-ethyl adjacent to an activating group) is 2. The number of hydrogen-bond donors (Lipinski definition) is 5. The zero-order valence-corrected chi connectivity index (χ0v) is 49.2. The Morgan fingerprint density at radius 2 is 1.53 bits per heavy atom. The fourth-order valence-electron chi connectivity index (χ4n) is 11.9. The molecular formula is C58H91N7O14. The summed E-state index contributed by atoms with van der Waals surface area (Å²) < 4.78 is 53.1. The number of esters is 1. The normalized spacial score (nSPS) is 36.3. The van der Waals surface area contributed by atoms with E-state index in [0.717, 1.165) is 16.7 Å². The average Bonchev–Trinajstić information content (AvgIpc) is 3.94. The summed E-state index contributed by atoms with van der Waals surface area (Å²) in [6.07, 6.45) is -9.20. The number of nitrogens with one attached hydrogen (secondary N) is 2. The Balaban J connectivity index is 1.29. The Morgan fingerprint density at radius 1 is 0.873 bits per heavy atom. The van der Waals surface area contributed by atoms with Crippen LogP contribution in [0.5, 0.6) is 0 Å².